The Hall–Kier alpha value is -1.61. The van der Waals surface area contributed by atoms with Crippen molar-refractivity contribution in [3.05, 3.63) is 54.1 Å². The third kappa shape index (κ3) is 6.95. The molecule has 0 aromatic heterocycles. The summed E-state index contributed by atoms with van der Waals surface area (Å²) in [5.41, 5.74) is 1.04. The first-order valence-electron chi connectivity index (χ1n) is 7.02. The van der Waals surface area contributed by atoms with Gasteiger partial charge in [-0.2, -0.15) is 0 Å². The molecule has 11 heteroatoms. The van der Waals surface area contributed by atoms with E-state index in [1.807, 2.05) is 0 Å². The van der Waals surface area contributed by atoms with Gasteiger partial charge >= 0.3 is 88.4 Å². The predicted octanol–water partition coefficient (Wildman–Crippen LogP) is 1.63. The zero-order valence-corrected chi connectivity index (χ0v) is 17.2. The van der Waals surface area contributed by atoms with E-state index >= 15 is 0 Å². The molecule has 142 valence electrons. The molecule has 1 unspecified atom stereocenters. The average molecular weight is 466 g/mol. The molecule has 26 heavy (non-hydrogen) atoms. The molecule has 0 fully saturated rings. The zero-order valence-electron chi connectivity index (χ0n) is 13.8. The van der Waals surface area contributed by atoms with E-state index in [4.69, 9.17) is 15.9 Å². The van der Waals surface area contributed by atoms with Crippen molar-refractivity contribution in [1.82, 2.24) is 0 Å². The number of benzene rings is 2. The summed E-state index contributed by atoms with van der Waals surface area (Å²) in [4.78, 5) is 10.9. The van der Waals surface area contributed by atoms with Gasteiger partial charge in [-0.05, 0) is 18.6 Å². The molecule has 2 aromatic carbocycles. The molecule has 0 saturated heterocycles. The molecule has 0 spiro atoms. The molecule has 2 aromatic rings. The van der Waals surface area contributed by atoms with Crippen molar-refractivity contribution in [2.45, 2.75) is 18.7 Å². The summed E-state index contributed by atoms with van der Waals surface area (Å²) in [6, 6.07) is 12.2. The van der Waals surface area contributed by atoms with E-state index in [1.54, 1.807) is 31.2 Å². The molecule has 2 rings (SSSR count). The first-order chi connectivity index (χ1) is 12.0. The van der Waals surface area contributed by atoms with Crippen molar-refractivity contribution < 1.29 is 30.2 Å². The van der Waals surface area contributed by atoms with E-state index in [0.717, 1.165) is 0 Å². The molecule has 8 nitrogen and oxygen atoms in total. The molecule has 1 atom stereocenters. The van der Waals surface area contributed by atoms with E-state index < -0.39 is 23.2 Å². The third-order valence-corrected chi connectivity index (χ3v) is 6.86. The number of halogens is 1. The number of aryl methyl sites for hydroxylation is 1. The van der Waals surface area contributed by atoms with Crippen LogP contribution in [0.2, 0.25) is 0 Å². The van der Waals surface area contributed by atoms with Crippen LogP contribution in [-0.2, 0) is 21.5 Å². The molecule has 0 aliphatic carbocycles. The number of carbonyl (C=O) groups excluding carboxylic acids is 1. The van der Waals surface area contributed by atoms with Crippen molar-refractivity contribution in [2.75, 3.05) is 5.32 Å². The maximum atomic E-state index is 11.3. The van der Waals surface area contributed by atoms with Crippen LogP contribution in [-0.4, -0.2) is 37.9 Å². The number of anilines is 1. The second kappa shape index (κ2) is 9.36. The molecule has 0 saturated carbocycles. The number of hydrogen-bond acceptors (Lipinski definition) is 6. The molecule has 0 radical (unpaired) electrons. The van der Waals surface area contributed by atoms with Gasteiger partial charge in [0.05, 0.1) is 4.90 Å². The first kappa shape index (κ1) is 22.4. The molecule has 0 bridgehead atoms. The second-order valence-corrected chi connectivity index (χ2v) is 11.2. The molecule has 0 aliphatic heterocycles. The van der Waals surface area contributed by atoms with Crippen molar-refractivity contribution in [3.63, 3.8) is 0 Å². The van der Waals surface area contributed by atoms with Crippen LogP contribution in [0.1, 0.15) is 12.5 Å². The van der Waals surface area contributed by atoms with Crippen molar-refractivity contribution >= 4 is 49.9 Å². The van der Waals surface area contributed by atoms with Crippen LogP contribution in [0.5, 0.6) is 0 Å². The van der Waals surface area contributed by atoms with E-state index in [1.165, 1.54) is 31.2 Å². The number of nitrogens with one attached hydrogen (secondary N) is 1. The van der Waals surface area contributed by atoms with Gasteiger partial charge in [0.25, 0.3) is 9.05 Å². The molecule has 3 N–H and O–H groups in total. The van der Waals surface area contributed by atoms with E-state index in [0.29, 0.717) is 11.3 Å². The predicted molar refractivity (Wildman–Crippen MR) is 97.0 cm³/mol. The van der Waals surface area contributed by atoms with Gasteiger partial charge in [0.2, 0.25) is 0 Å². The van der Waals surface area contributed by atoms with Crippen LogP contribution in [0, 0.1) is 6.92 Å². The first-order valence-corrected chi connectivity index (χ1v) is 12.6. The Kier molecular flexibility index (Phi) is 8.08. The summed E-state index contributed by atoms with van der Waals surface area (Å²) in [5, 5.41) is 10.7. The van der Waals surface area contributed by atoms with Gasteiger partial charge in [0, 0.05) is 10.7 Å². The van der Waals surface area contributed by atoms with Crippen LogP contribution >= 0.6 is 10.7 Å². The minimum absolute atomic E-state index is 0.0399. The van der Waals surface area contributed by atoms with Gasteiger partial charge in [0.15, 0.2) is 0 Å². The van der Waals surface area contributed by atoms with Gasteiger partial charge in [-0.15, -0.1) is 0 Å². The standard InChI is InChI=1S/C8H10AsNO5.C7H7ClO2S/c1-6(11)10-8-4-2-3-7(5-8)9(12,13)15-14;1-6-4-2-3-5-7(6)11(8,9)10/h2-5,14H,1H3,(H,10,11)(H,12,13);2-5H,1H3. The van der Waals surface area contributed by atoms with Crippen LogP contribution in [0.25, 0.3) is 0 Å². The van der Waals surface area contributed by atoms with E-state index in [-0.39, 0.29) is 15.2 Å². The fourth-order valence-electron chi connectivity index (χ4n) is 1.84. The van der Waals surface area contributed by atoms with Crippen LogP contribution in [0.15, 0.2) is 53.4 Å². The maximum absolute atomic E-state index is 11.3. The summed E-state index contributed by atoms with van der Waals surface area (Å²) in [6.45, 7) is 3.02. The average Bonchev–Trinajstić information content (AvgIpc) is 2.54. The molecule has 0 heterocycles. The summed E-state index contributed by atoms with van der Waals surface area (Å²) < 4.78 is 45.6. The number of carbonyl (C=O) groups is 1. The van der Waals surface area contributed by atoms with Crippen LogP contribution in [0.3, 0.4) is 0 Å². The monoisotopic (exact) mass is 465 g/mol. The number of hydrogen-bond donors (Lipinski definition) is 3. The third-order valence-electron chi connectivity index (χ3n) is 2.96. The van der Waals surface area contributed by atoms with Crippen LogP contribution < -0.4 is 9.67 Å². The Labute approximate surface area is 158 Å². The van der Waals surface area contributed by atoms with E-state index in [2.05, 4.69) is 9.19 Å². The number of amides is 1. The second-order valence-electron chi connectivity index (χ2n) is 5.04. The molecular formula is C15H17AsClNO7S. The van der Waals surface area contributed by atoms with Gasteiger partial charge in [-0.3, -0.25) is 0 Å². The minimum Gasteiger partial charge on any atom is -0.207 e. The normalized spacial score (nSPS) is 13.1. The van der Waals surface area contributed by atoms with Gasteiger partial charge in [0.1, 0.15) is 0 Å². The quantitative estimate of drug-likeness (QED) is 0.271. The zero-order chi connectivity index (χ0) is 20.0. The Balaban J connectivity index is 0.000000273. The fraction of sp³-hybridized carbons (Fsp3) is 0.133. The summed E-state index contributed by atoms with van der Waals surface area (Å²) >= 11 is -4.83. The van der Waals surface area contributed by atoms with E-state index in [9.17, 15) is 21.0 Å². The van der Waals surface area contributed by atoms with Gasteiger partial charge < -0.3 is 0 Å². The Morgan fingerprint density at radius 2 is 1.81 bits per heavy atom. The van der Waals surface area contributed by atoms with Crippen molar-refractivity contribution in [1.29, 1.82) is 0 Å². The Morgan fingerprint density at radius 1 is 1.19 bits per heavy atom. The molecular weight excluding hydrogens is 449 g/mol. The summed E-state index contributed by atoms with van der Waals surface area (Å²) in [6.07, 6.45) is 0. The van der Waals surface area contributed by atoms with Gasteiger partial charge in [-0.25, -0.2) is 8.42 Å². The number of rotatable bonds is 4. The Morgan fingerprint density at radius 3 is 2.27 bits per heavy atom. The smallest absolute Gasteiger partial charge is 0.207 e. The Bertz CT molecular complexity index is 933. The van der Waals surface area contributed by atoms with Crippen molar-refractivity contribution in [2.24, 2.45) is 0 Å². The maximum Gasteiger partial charge on any atom is 0.261 e. The topological polar surface area (TPSA) is 130 Å². The summed E-state index contributed by atoms with van der Waals surface area (Å²) in [5.74, 6) is -0.294. The molecule has 1 amide bonds. The largest absolute Gasteiger partial charge is 0.261 e. The SMILES string of the molecule is CC(=O)Nc1cccc([As](=O)(O)OO)c1.Cc1ccccc1S(=O)(=O)Cl. The minimum atomic E-state index is -4.83. The molecule has 0 aliphatic rings. The summed E-state index contributed by atoms with van der Waals surface area (Å²) in [7, 11) is 1.57. The fourth-order valence-corrected chi connectivity index (χ4v) is 4.46. The van der Waals surface area contributed by atoms with Crippen LogP contribution in [0.4, 0.5) is 5.69 Å². The van der Waals surface area contributed by atoms with Gasteiger partial charge in [-0.1, -0.05) is 18.2 Å². The van der Waals surface area contributed by atoms with Crippen molar-refractivity contribution in [3.8, 4) is 0 Å².